The molecule has 1 aliphatic heterocycles. The molecule has 3 amide bonds. The Kier molecular flexibility index (Phi) is 5.77. The number of carbonyl (C=O) groups excluding carboxylic acids is 2. The lowest BCUT2D eigenvalue weighted by Crippen LogP contribution is -2.34. The second-order valence-electron chi connectivity index (χ2n) is 7.07. The molecule has 1 heterocycles. The third-order valence-corrected chi connectivity index (χ3v) is 6.24. The van der Waals surface area contributed by atoms with E-state index in [0.717, 1.165) is 21.0 Å². The Morgan fingerprint density at radius 2 is 1.73 bits per heavy atom. The van der Waals surface area contributed by atoms with Gasteiger partial charge >= 0.3 is 6.03 Å². The molecule has 0 spiro atoms. The van der Waals surface area contributed by atoms with E-state index in [0.29, 0.717) is 24.3 Å². The monoisotopic (exact) mass is 417 g/mol. The van der Waals surface area contributed by atoms with Crippen molar-refractivity contribution in [2.75, 3.05) is 23.8 Å². The van der Waals surface area contributed by atoms with Gasteiger partial charge in [-0.05, 0) is 42.8 Å². The first-order chi connectivity index (χ1) is 14.6. The number of amides is 3. The Balaban J connectivity index is 1.56. The number of carbonyl (C=O) groups is 2. The lowest BCUT2D eigenvalue weighted by molar-refractivity contribution is 0.0990. The third kappa shape index (κ3) is 4.04. The van der Waals surface area contributed by atoms with Crippen molar-refractivity contribution in [1.29, 1.82) is 0 Å². The topological polar surface area (TPSA) is 52.7 Å². The minimum Gasteiger partial charge on any atom is -0.320 e. The van der Waals surface area contributed by atoms with Gasteiger partial charge in [0, 0.05) is 35.6 Å². The first-order valence-corrected chi connectivity index (χ1v) is 10.7. The van der Waals surface area contributed by atoms with Gasteiger partial charge in [-0.25, -0.2) is 4.79 Å². The predicted molar refractivity (Wildman–Crippen MR) is 121 cm³/mol. The summed E-state index contributed by atoms with van der Waals surface area (Å²) >= 11 is 1.57. The van der Waals surface area contributed by atoms with Crippen LogP contribution in [0.3, 0.4) is 0 Å². The number of urea groups is 1. The first kappa shape index (κ1) is 20.0. The van der Waals surface area contributed by atoms with Crippen molar-refractivity contribution in [2.45, 2.75) is 23.3 Å². The molecule has 0 aromatic heterocycles. The van der Waals surface area contributed by atoms with Crippen LogP contribution in [0.1, 0.15) is 22.8 Å². The van der Waals surface area contributed by atoms with E-state index < -0.39 is 0 Å². The highest BCUT2D eigenvalue weighted by atomic mass is 32.2. The summed E-state index contributed by atoms with van der Waals surface area (Å²) in [5.74, 6) is -0.0559. The van der Waals surface area contributed by atoms with Crippen LogP contribution >= 0.6 is 11.8 Å². The maximum Gasteiger partial charge on any atom is 0.322 e. The number of rotatable bonds is 4. The molecule has 30 heavy (non-hydrogen) atoms. The van der Waals surface area contributed by atoms with Crippen LogP contribution in [-0.2, 0) is 6.54 Å². The van der Waals surface area contributed by atoms with Crippen LogP contribution in [0.15, 0.2) is 82.6 Å². The van der Waals surface area contributed by atoms with Crippen LogP contribution in [0, 0.1) is 0 Å². The third-order valence-electron chi connectivity index (χ3n) is 5.10. The summed E-state index contributed by atoms with van der Waals surface area (Å²) in [5, 5.41) is 2.98. The minimum absolute atomic E-state index is 0.0559. The van der Waals surface area contributed by atoms with E-state index in [4.69, 9.17) is 0 Å². The Labute approximate surface area is 180 Å². The number of anilines is 2. The van der Waals surface area contributed by atoms with E-state index in [1.807, 2.05) is 79.7 Å². The lowest BCUT2D eigenvalue weighted by Gasteiger charge is -2.23. The van der Waals surface area contributed by atoms with Crippen LogP contribution in [-0.4, -0.2) is 30.4 Å². The van der Waals surface area contributed by atoms with Gasteiger partial charge in [-0.1, -0.05) is 54.2 Å². The van der Waals surface area contributed by atoms with E-state index in [1.165, 1.54) is 0 Å². The quantitative estimate of drug-likeness (QED) is 0.611. The lowest BCUT2D eigenvalue weighted by atomic mass is 10.2. The highest BCUT2D eigenvalue weighted by molar-refractivity contribution is 7.99. The molecular weight excluding hydrogens is 394 g/mol. The Morgan fingerprint density at radius 3 is 2.50 bits per heavy atom. The van der Waals surface area contributed by atoms with Crippen LogP contribution in [0.25, 0.3) is 0 Å². The van der Waals surface area contributed by atoms with Crippen LogP contribution in [0.4, 0.5) is 16.2 Å². The second-order valence-corrected chi connectivity index (χ2v) is 8.16. The summed E-state index contributed by atoms with van der Waals surface area (Å²) in [6.07, 6.45) is 0. The fourth-order valence-corrected chi connectivity index (χ4v) is 4.50. The zero-order chi connectivity index (χ0) is 21.1. The smallest absolute Gasteiger partial charge is 0.320 e. The summed E-state index contributed by atoms with van der Waals surface area (Å²) in [5.41, 5.74) is 3.21. The van der Waals surface area contributed by atoms with Gasteiger partial charge in [-0.2, -0.15) is 0 Å². The number of fused-ring (bicyclic) bond motifs is 2. The Morgan fingerprint density at radius 1 is 1.00 bits per heavy atom. The number of nitrogens with one attached hydrogen (secondary N) is 1. The van der Waals surface area contributed by atoms with Crippen molar-refractivity contribution in [2.24, 2.45) is 0 Å². The van der Waals surface area contributed by atoms with Crippen molar-refractivity contribution in [1.82, 2.24) is 4.90 Å². The van der Waals surface area contributed by atoms with Gasteiger partial charge in [0.15, 0.2) is 0 Å². The van der Waals surface area contributed by atoms with E-state index in [2.05, 4.69) is 5.32 Å². The maximum atomic E-state index is 12.9. The highest BCUT2D eigenvalue weighted by Crippen LogP contribution is 2.41. The van der Waals surface area contributed by atoms with Crippen molar-refractivity contribution < 1.29 is 9.59 Å². The van der Waals surface area contributed by atoms with Crippen molar-refractivity contribution >= 4 is 35.1 Å². The SMILES string of the molecule is CCN(Cc1ccccc1)C(=O)Nc1ccc2c(c1)N(C)C(=O)c1ccccc1S2. The second kappa shape index (κ2) is 8.63. The summed E-state index contributed by atoms with van der Waals surface area (Å²) < 4.78 is 0. The fourth-order valence-electron chi connectivity index (χ4n) is 3.42. The van der Waals surface area contributed by atoms with Crippen molar-refractivity contribution in [3.05, 3.63) is 83.9 Å². The molecule has 3 aromatic rings. The molecule has 0 fully saturated rings. The molecule has 1 N–H and O–H groups in total. The van der Waals surface area contributed by atoms with Crippen LogP contribution in [0.2, 0.25) is 0 Å². The Hall–Kier alpha value is -3.25. The average Bonchev–Trinajstić information content (AvgIpc) is 2.88. The fraction of sp³-hybridized carbons (Fsp3) is 0.167. The molecule has 0 atom stereocenters. The number of hydrogen-bond acceptors (Lipinski definition) is 3. The molecule has 152 valence electrons. The summed E-state index contributed by atoms with van der Waals surface area (Å²) in [6, 6.07) is 23.1. The molecule has 5 nitrogen and oxygen atoms in total. The Bertz CT molecular complexity index is 1080. The van der Waals surface area contributed by atoms with E-state index >= 15 is 0 Å². The molecule has 0 bridgehead atoms. The van der Waals surface area contributed by atoms with Gasteiger partial charge < -0.3 is 15.1 Å². The zero-order valence-electron chi connectivity index (χ0n) is 17.0. The van der Waals surface area contributed by atoms with E-state index in [-0.39, 0.29) is 11.9 Å². The molecular formula is C24H23N3O2S. The molecule has 0 saturated carbocycles. The summed E-state index contributed by atoms with van der Waals surface area (Å²) in [6.45, 7) is 3.09. The van der Waals surface area contributed by atoms with Crippen LogP contribution < -0.4 is 10.2 Å². The molecule has 0 unspecified atom stereocenters. The zero-order valence-corrected chi connectivity index (χ0v) is 17.8. The van der Waals surface area contributed by atoms with Gasteiger partial charge in [0.1, 0.15) is 0 Å². The minimum atomic E-state index is -0.167. The predicted octanol–water partition coefficient (Wildman–Crippen LogP) is 5.48. The molecule has 4 rings (SSSR count). The molecule has 0 saturated heterocycles. The molecule has 3 aromatic carbocycles. The van der Waals surface area contributed by atoms with E-state index in [9.17, 15) is 9.59 Å². The van der Waals surface area contributed by atoms with Gasteiger partial charge in [-0.3, -0.25) is 4.79 Å². The van der Waals surface area contributed by atoms with Crippen LogP contribution in [0.5, 0.6) is 0 Å². The van der Waals surface area contributed by atoms with Gasteiger partial charge in [0.25, 0.3) is 5.91 Å². The normalized spacial score (nSPS) is 12.6. The standard InChI is InChI=1S/C24H23N3O2S/c1-3-27(16-17-9-5-4-6-10-17)24(29)25-18-13-14-22-20(15-18)26(2)23(28)19-11-7-8-12-21(19)30-22/h4-15H,3,16H2,1-2H3,(H,25,29). The van der Waals surface area contributed by atoms with Gasteiger partial charge in [0.2, 0.25) is 0 Å². The largest absolute Gasteiger partial charge is 0.322 e. The highest BCUT2D eigenvalue weighted by Gasteiger charge is 2.25. The molecule has 1 aliphatic rings. The number of hydrogen-bond donors (Lipinski definition) is 1. The maximum absolute atomic E-state index is 12.9. The molecule has 0 aliphatic carbocycles. The van der Waals surface area contributed by atoms with Gasteiger partial charge in [-0.15, -0.1) is 0 Å². The molecule has 6 heteroatoms. The van der Waals surface area contributed by atoms with Crippen molar-refractivity contribution in [3.8, 4) is 0 Å². The summed E-state index contributed by atoms with van der Waals surface area (Å²) in [7, 11) is 1.77. The van der Waals surface area contributed by atoms with E-state index in [1.54, 1.807) is 28.6 Å². The summed E-state index contributed by atoms with van der Waals surface area (Å²) in [4.78, 5) is 31.1. The first-order valence-electron chi connectivity index (χ1n) is 9.85. The van der Waals surface area contributed by atoms with Crippen molar-refractivity contribution in [3.63, 3.8) is 0 Å². The molecule has 0 radical (unpaired) electrons. The average molecular weight is 418 g/mol. The number of benzene rings is 3. The van der Waals surface area contributed by atoms with Gasteiger partial charge in [0.05, 0.1) is 11.3 Å². The number of nitrogens with zero attached hydrogens (tertiary/aromatic N) is 2.